The average Bonchev–Trinajstić information content (AvgIpc) is 2.95. The molecule has 2 aromatic rings. The van der Waals surface area contributed by atoms with Crippen molar-refractivity contribution in [1.82, 2.24) is 0 Å². The maximum absolute atomic E-state index is 12.2. The summed E-state index contributed by atoms with van der Waals surface area (Å²) in [5, 5.41) is 12.0. The lowest BCUT2D eigenvalue weighted by molar-refractivity contribution is -0.118. The molecule has 0 saturated heterocycles. The molecule has 0 saturated carbocycles. The Bertz CT molecular complexity index is 834. The minimum Gasteiger partial charge on any atom is -0.484 e. The Morgan fingerprint density at radius 2 is 1.92 bits per heavy atom. The summed E-state index contributed by atoms with van der Waals surface area (Å²) in [5.41, 5.74) is 1.75. The predicted molar refractivity (Wildman–Crippen MR) is 99.7 cm³/mol. The molecule has 136 valence electrons. The molecule has 0 aliphatic rings. The van der Waals surface area contributed by atoms with Gasteiger partial charge < -0.3 is 14.8 Å². The standard InChI is InChI=1S/C19H20N2O4S/c1-4-15-12(3)17(19(23)24-5-2)18(26-15)21-16(22)11-25-14-8-6-13(10-20)7-9-14/h6-9H,4-5,11H2,1-3H3,(H,21,22). The van der Waals surface area contributed by atoms with Gasteiger partial charge in [0.15, 0.2) is 6.61 Å². The topological polar surface area (TPSA) is 88.4 Å². The van der Waals surface area contributed by atoms with Crippen LogP contribution in [0.5, 0.6) is 5.75 Å². The fourth-order valence-corrected chi connectivity index (χ4v) is 3.52. The maximum atomic E-state index is 12.2. The number of aryl methyl sites for hydroxylation is 1. The molecular formula is C19H20N2O4S. The lowest BCUT2D eigenvalue weighted by atomic mass is 10.1. The highest BCUT2D eigenvalue weighted by Crippen LogP contribution is 2.34. The van der Waals surface area contributed by atoms with Crippen LogP contribution in [-0.4, -0.2) is 25.1 Å². The Morgan fingerprint density at radius 3 is 2.50 bits per heavy atom. The average molecular weight is 372 g/mol. The van der Waals surface area contributed by atoms with Crippen LogP contribution in [0.15, 0.2) is 24.3 Å². The molecule has 0 bridgehead atoms. The molecule has 1 N–H and O–H groups in total. The van der Waals surface area contributed by atoms with Crippen LogP contribution in [0.1, 0.15) is 40.2 Å². The van der Waals surface area contributed by atoms with E-state index in [0.29, 0.717) is 21.9 Å². The van der Waals surface area contributed by atoms with E-state index in [-0.39, 0.29) is 19.1 Å². The van der Waals surface area contributed by atoms with Gasteiger partial charge in [-0.05, 0) is 50.1 Å². The van der Waals surface area contributed by atoms with Crippen molar-refractivity contribution < 1.29 is 19.1 Å². The number of ether oxygens (including phenoxy) is 2. The fourth-order valence-electron chi connectivity index (χ4n) is 2.37. The van der Waals surface area contributed by atoms with E-state index in [1.165, 1.54) is 11.3 Å². The number of nitriles is 1. The Balaban J connectivity index is 2.07. The number of nitrogens with zero attached hydrogens (tertiary/aromatic N) is 1. The highest BCUT2D eigenvalue weighted by atomic mass is 32.1. The summed E-state index contributed by atoms with van der Waals surface area (Å²) in [4.78, 5) is 25.5. The minimum absolute atomic E-state index is 0.202. The molecule has 0 spiro atoms. The molecule has 1 heterocycles. The Morgan fingerprint density at radius 1 is 1.23 bits per heavy atom. The van der Waals surface area contributed by atoms with Gasteiger partial charge in [-0.1, -0.05) is 6.92 Å². The first kappa shape index (κ1) is 19.5. The number of rotatable bonds is 7. The van der Waals surface area contributed by atoms with E-state index in [2.05, 4.69) is 5.32 Å². The fraction of sp³-hybridized carbons (Fsp3) is 0.316. The van der Waals surface area contributed by atoms with Crippen LogP contribution in [0, 0.1) is 18.3 Å². The number of carbonyl (C=O) groups is 2. The molecule has 1 amide bonds. The Hall–Kier alpha value is -2.85. The van der Waals surface area contributed by atoms with Gasteiger partial charge in [-0.25, -0.2) is 4.79 Å². The molecular weight excluding hydrogens is 352 g/mol. The van der Waals surface area contributed by atoms with Crippen molar-refractivity contribution in [3.8, 4) is 11.8 Å². The SMILES string of the molecule is CCOC(=O)c1c(NC(=O)COc2ccc(C#N)cc2)sc(CC)c1C. The van der Waals surface area contributed by atoms with Crippen LogP contribution >= 0.6 is 11.3 Å². The van der Waals surface area contributed by atoms with Crippen molar-refractivity contribution in [2.75, 3.05) is 18.5 Å². The van der Waals surface area contributed by atoms with Crippen molar-refractivity contribution in [2.24, 2.45) is 0 Å². The Labute approximate surface area is 156 Å². The maximum Gasteiger partial charge on any atom is 0.341 e. The molecule has 0 atom stereocenters. The highest BCUT2D eigenvalue weighted by molar-refractivity contribution is 7.17. The first-order chi connectivity index (χ1) is 12.5. The van der Waals surface area contributed by atoms with Gasteiger partial charge in [0.1, 0.15) is 10.8 Å². The van der Waals surface area contributed by atoms with Crippen LogP contribution in [-0.2, 0) is 16.0 Å². The summed E-state index contributed by atoms with van der Waals surface area (Å²) in [5.74, 6) is -0.325. The van der Waals surface area contributed by atoms with Crippen molar-refractivity contribution in [2.45, 2.75) is 27.2 Å². The van der Waals surface area contributed by atoms with Crippen LogP contribution in [0.3, 0.4) is 0 Å². The van der Waals surface area contributed by atoms with Gasteiger partial charge in [-0.3, -0.25) is 4.79 Å². The summed E-state index contributed by atoms with van der Waals surface area (Å²) < 4.78 is 10.5. The zero-order chi connectivity index (χ0) is 19.1. The van der Waals surface area contributed by atoms with Crippen molar-refractivity contribution in [3.05, 3.63) is 45.8 Å². The molecule has 0 fully saturated rings. The zero-order valence-corrected chi connectivity index (χ0v) is 15.7. The first-order valence-corrected chi connectivity index (χ1v) is 9.03. The molecule has 1 aromatic heterocycles. The summed E-state index contributed by atoms with van der Waals surface area (Å²) in [6.45, 7) is 5.65. The zero-order valence-electron chi connectivity index (χ0n) is 14.9. The molecule has 0 aliphatic carbocycles. The summed E-state index contributed by atoms with van der Waals surface area (Å²) in [6, 6.07) is 8.49. The number of benzene rings is 1. The third-order valence-electron chi connectivity index (χ3n) is 3.65. The van der Waals surface area contributed by atoms with Gasteiger partial charge in [-0.2, -0.15) is 5.26 Å². The van der Waals surface area contributed by atoms with Gasteiger partial charge in [0.2, 0.25) is 0 Å². The van der Waals surface area contributed by atoms with Crippen LogP contribution < -0.4 is 10.1 Å². The van der Waals surface area contributed by atoms with E-state index < -0.39 is 5.97 Å². The number of carbonyl (C=O) groups excluding carboxylic acids is 2. The van der Waals surface area contributed by atoms with E-state index in [1.807, 2.05) is 19.9 Å². The van der Waals surface area contributed by atoms with Gasteiger partial charge in [0, 0.05) is 4.88 Å². The van der Waals surface area contributed by atoms with Crippen LogP contribution in [0.4, 0.5) is 5.00 Å². The molecule has 7 heteroatoms. The van der Waals surface area contributed by atoms with Crippen molar-refractivity contribution in [3.63, 3.8) is 0 Å². The van der Waals surface area contributed by atoms with Gasteiger partial charge in [0.05, 0.1) is 23.8 Å². The van der Waals surface area contributed by atoms with E-state index in [1.54, 1.807) is 31.2 Å². The molecule has 0 radical (unpaired) electrons. The quantitative estimate of drug-likeness (QED) is 0.749. The monoisotopic (exact) mass is 372 g/mol. The lowest BCUT2D eigenvalue weighted by Gasteiger charge is -2.08. The summed E-state index contributed by atoms with van der Waals surface area (Å²) >= 11 is 1.37. The van der Waals surface area contributed by atoms with E-state index >= 15 is 0 Å². The minimum atomic E-state index is -0.440. The highest BCUT2D eigenvalue weighted by Gasteiger charge is 2.23. The first-order valence-electron chi connectivity index (χ1n) is 8.22. The number of anilines is 1. The number of nitrogens with one attached hydrogen (secondary N) is 1. The van der Waals surface area contributed by atoms with E-state index in [0.717, 1.165) is 16.9 Å². The molecule has 26 heavy (non-hydrogen) atoms. The number of hydrogen-bond donors (Lipinski definition) is 1. The molecule has 0 aliphatic heterocycles. The van der Waals surface area contributed by atoms with Crippen molar-refractivity contribution >= 4 is 28.2 Å². The number of esters is 1. The second-order valence-corrected chi connectivity index (χ2v) is 6.51. The smallest absolute Gasteiger partial charge is 0.341 e. The number of thiophene rings is 1. The second-order valence-electron chi connectivity index (χ2n) is 5.40. The summed E-state index contributed by atoms with van der Waals surface area (Å²) in [6.07, 6.45) is 0.764. The van der Waals surface area contributed by atoms with Crippen LogP contribution in [0.25, 0.3) is 0 Å². The molecule has 1 aromatic carbocycles. The normalized spacial score (nSPS) is 10.1. The molecule has 2 rings (SSSR count). The van der Waals surface area contributed by atoms with Gasteiger partial charge in [0.25, 0.3) is 5.91 Å². The van der Waals surface area contributed by atoms with Gasteiger partial charge >= 0.3 is 5.97 Å². The molecule has 0 unspecified atom stereocenters. The predicted octanol–water partition coefficient (Wildman–Crippen LogP) is 3.68. The van der Waals surface area contributed by atoms with E-state index in [9.17, 15) is 9.59 Å². The van der Waals surface area contributed by atoms with Crippen LogP contribution in [0.2, 0.25) is 0 Å². The third kappa shape index (κ3) is 4.61. The number of hydrogen-bond acceptors (Lipinski definition) is 6. The largest absolute Gasteiger partial charge is 0.484 e. The van der Waals surface area contributed by atoms with E-state index in [4.69, 9.17) is 14.7 Å². The third-order valence-corrected chi connectivity index (χ3v) is 5.00. The number of amides is 1. The second kappa shape index (κ2) is 9.02. The van der Waals surface area contributed by atoms with Crippen molar-refractivity contribution in [1.29, 1.82) is 5.26 Å². The lowest BCUT2D eigenvalue weighted by Crippen LogP contribution is -2.21. The molecule has 6 nitrogen and oxygen atoms in total. The summed E-state index contributed by atoms with van der Waals surface area (Å²) in [7, 11) is 0. The Kier molecular flexibility index (Phi) is 6.75. The van der Waals surface area contributed by atoms with Gasteiger partial charge in [-0.15, -0.1) is 11.3 Å².